The maximum atomic E-state index is 12.3. The van der Waals surface area contributed by atoms with Gasteiger partial charge in [0, 0.05) is 29.8 Å². The van der Waals surface area contributed by atoms with Gasteiger partial charge in [-0.15, -0.1) is 0 Å². The molecule has 0 atom stereocenters. The van der Waals surface area contributed by atoms with Crippen LogP contribution in [-0.4, -0.2) is 40.6 Å². The molecule has 0 aliphatic carbocycles. The summed E-state index contributed by atoms with van der Waals surface area (Å²) < 4.78 is 11.9. The van der Waals surface area contributed by atoms with Gasteiger partial charge in [-0.2, -0.15) is 4.98 Å². The fraction of sp³-hybridized carbons (Fsp3) is 0.500. The van der Waals surface area contributed by atoms with Crippen molar-refractivity contribution in [3.8, 4) is 5.75 Å². The molecule has 0 bridgehead atoms. The van der Waals surface area contributed by atoms with Crippen molar-refractivity contribution in [3.05, 3.63) is 40.5 Å². The van der Waals surface area contributed by atoms with Crippen LogP contribution in [0.3, 0.4) is 0 Å². The van der Waals surface area contributed by atoms with Crippen LogP contribution in [0.2, 0.25) is 0 Å². The van der Waals surface area contributed by atoms with E-state index in [2.05, 4.69) is 26.1 Å². The Hall–Kier alpha value is -1.89. The third-order valence-corrected chi connectivity index (χ3v) is 4.26. The lowest BCUT2D eigenvalue weighted by molar-refractivity contribution is -0.131. The summed E-state index contributed by atoms with van der Waals surface area (Å²) in [4.78, 5) is 18.4. The van der Waals surface area contributed by atoms with E-state index < -0.39 is 0 Å². The maximum absolute atomic E-state index is 12.3. The highest BCUT2D eigenvalue weighted by molar-refractivity contribution is 9.10. The zero-order valence-corrected chi connectivity index (χ0v) is 16.5. The van der Waals surface area contributed by atoms with Gasteiger partial charge in [-0.3, -0.25) is 4.79 Å². The molecule has 2 rings (SSSR count). The maximum Gasteiger partial charge on any atom is 0.227 e. The lowest BCUT2D eigenvalue weighted by Crippen LogP contribution is -2.34. The van der Waals surface area contributed by atoms with E-state index in [0.717, 1.165) is 10.2 Å². The molecule has 0 saturated carbocycles. The number of ether oxygens (including phenoxy) is 1. The van der Waals surface area contributed by atoms with Gasteiger partial charge in [0.15, 0.2) is 5.82 Å². The van der Waals surface area contributed by atoms with E-state index in [0.29, 0.717) is 44.3 Å². The fourth-order valence-electron chi connectivity index (χ4n) is 2.24. The molecule has 0 saturated heterocycles. The monoisotopic (exact) mass is 409 g/mol. The largest absolute Gasteiger partial charge is 0.492 e. The van der Waals surface area contributed by atoms with Crippen molar-refractivity contribution in [2.24, 2.45) is 0 Å². The second-order valence-electron chi connectivity index (χ2n) is 5.98. The number of carbonyl (C=O) groups is 1. The number of carbonyl (C=O) groups excluding carboxylic acids is 1. The molecule has 136 valence electrons. The highest BCUT2D eigenvalue weighted by atomic mass is 79.9. The molecule has 1 aromatic heterocycles. The number of aryl methyl sites for hydroxylation is 1. The van der Waals surface area contributed by atoms with Crippen molar-refractivity contribution in [2.75, 3.05) is 19.7 Å². The number of likely N-dealkylation sites (N-methyl/N-ethyl adjacent to an activating group) is 1. The van der Waals surface area contributed by atoms with Crippen molar-refractivity contribution in [2.45, 2.75) is 39.5 Å². The lowest BCUT2D eigenvalue weighted by atomic mass is 10.2. The average molecular weight is 410 g/mol. The number of aromatic nitrogens is 2. The molecule has 0 spiro atoms. The number of amides is 1. The fourth-order valence-corrected chi connectivity index (χ4v) is 2.50. The summed E-state index contributed by atoms with van der Waals surface area (Å²) in [5.41, 5.74) is 0. The van der Waals surface area contributed by atoms with E-state index in [1.54, 1.807) is 4.90 Å². The van der Waals surface area contributed by atoms with Crippen LogP contribution in [-0.2, 0) is 11.2 Å². The van der Waals surface area contributed by atoms with E-state index in [9.17, 15) is 4.79 Å². The number of benzene rings is 1. The average Bonchev–Trinajstić information content (AvgIpc) is 3.07. The Balaban J connectivity index is 1.76. The number of hydrogen-bond acceptors (Lipinski definition) is 5. The van der Waals surface area contributed by atoms with E-state index >= 15 is 0 Å². The predicted molar refractivity (Wildman–Crippen MR) is 98.6 cm³/mol. The Kier molecular flexibility index (Phi) is 7.43. The molecule has 1 aromatic carbocycles. The van der Waals surface area contributed by atoms with Gasteiger partial charge >= 0.3 is 0 Å². The first-order valence-corrected chi connectivity index (χ1v) is 9.27. The summed E-state index contributed by atoms with van der Waals surface area (Å²) in [5.74, 6) is 2.26. The molecule has 1 heterocycles. The minimum atomic E-state index is 0.0613. The number of rotatable bonds is 9. The minimum Gasteiger partial charge on any atom is -0.492 e. The van der Waals surface area contributed by atoms with Crippen LogP contribution in [0.15, 0.2) is 33.3 Å². The first kappa shape index (κ1) is 19.4. The molecular weight excluding hydrogens is 386 g/mol. The van der Waals surface area contributed by atoms with Crippen LogP contribution >= 0.6 is 15.9 Å². The van der Waals surface area contributed by atoms with Crippen LogP contribution in [0, 0.1) is 0 Å². The third kappa shape index (κ3) is 6.16. The zero-order valence-electron chi connectivity index (χ0n) is 14.9. The van der Waals surface area contributed by atoms with Gasteiger partial charge < -0.3 is 14.2 Å². The first-order valence-electron chi connectivity index (χ1n) is 8.48. The molecule has 7 heteroatoms. The molecule has 1 amide bonds. The Labute approximate surface area is 156 Å². The minimum absolute atomic E-state index is 0.0613. The highest BCUT2D eigenvalue weighted by Crippen LogP contribution is 2.16. The second-order valence-corrected chi connectivity index (χ2v) is 6.89. The van der Waals surface area contributed by atoms with Gasteiger partial charge in [0.1, 0.15) is 12.4 Å². The molecule has 0 aliphatic rings. The first-order chi connectivity index (χ1) is 12.0. The Morgan fingerprint density at radius 2 is 2.04 bits per heavy atom. The van der Waals surface area contributed by atoms with Gasteiger partial charge in [0.2, 0.25) is 11.8 Å². The summed E-state index contributed by atoms with van der Waals surface area (Å²) in [6.07, 6.45) is 0.814. The number of halogens is 1. The van der Waals surface area contributed by atoms with Crippen molar-refractivity contribution in [1.82, 2.24) is 15.0 Å². The molecule has 0 radical (unpaired) electrons. The summed E-state index contributed by atoms with van der Waals surface area (Å²) in [5, 5.41) is 3.91. The Bertz CT molecular complexity index is 670. The van der Waals surface area contributed by atoms with Crippen molar-refractivity contribution < 1.29 is 14.1 Å². The SMILES string of the molecule is CCN(CCOc1ccc(Br)cc1)C(=O)CCc1nc(C(C)C)no1. The molecule has 25 heavy (non-hydrogen) atoms. The van der Waals surface area contributed by atoms with Crippen LogP contribution in [0.5, 0.6) is 5.75 Å². The van der Waals surface area contributed by atoms with Gasteiger partial charge in [0.05, 0.1) is 6.54 Å². The summed E-state index contributed by atoms with van der Waals surface area (Å²) in [7, 11) is 0. The molecule has 0 unspecified atom stereocenters. The number of nitrogens with zero attached hydrogens (tertiary/aromatic N) is 3. The molecule has 0 aliphatic heterocycles. The van der Waals surface area contributed by atoms with E-state index in [4.69, 9.17) is 9.26 Å². The lowest BCUT2D eigenvalue weighted by Gasteiger charge is -2.20. The normalized spacial score (nSPS) is 10.9. The molecule has 6 nitrogen and oxygen atoms in total. The second kappa shape index (κ2) is 9.56. The summed E-state index contributed by atoms with van der Waals surface area (Å²) in [6.45, 7) is 7.62. The Morgan fingerprint density at radius 3 is 2.64 bits per heavy atom. The van der Waals surface area contributed by atoms with Gasteiger partial charge in [-0.25, -0.2) is 0 Å². The zero-order chi connectivity index (χ0) is 18.2. The molecule has 0 fully saturated rings. The van der Waals surface area contributed by atoms with E-state index in [1.807, 2.05) is 45.0 Å². The third-order valence-electron chi connectivity index (χ3n) is 3.73. The standard InChI is InChI=1S/C18H24BrN3O3/c1-4-22(11-12-24-15-7-5-14(19)6-8-15)17(23)10-9-16-20-18(13(2)3)21-25-16/h5-8,13H,4,9-12H2,1-3H3. The van der Waals surface area contributed by atoms with Crippen molar-refractivity contribution in [1.29, 1.82) is 0 Å². The Morgan fingerprint density at radius 1 is 1.32 bits per heavy atom. The quantitative estimate of drug-likeness (QED) is 0.629. The smallest absolute Gasteiger partial charge is 0.227 e. The van der Waals surface area contributed by atoms with Crippen molar-refractivity contribution >= 4 is 21.8 Å². The molecule has 0 N–H and O–H groups in total. The van der Waals surface area contributed by atoms with Crippen LogP contribution < -0.4 is 4.74 Å². The van der Waals surface area contributed by atoms with Gasteiger partial charge in [-0.1, -0.05) is 34.9 Å². The number of hydrogen-bond donors (Lipinski definition) is 0. The van der Waals surface area contributed by atoms with Gasteiger partial charge in [0.25, 0.3) is 0 Å². The van der Waals surface area contributed by atoms with Crippen LogP contribution in [0.4, 0.5) is 0 Å². The topological polar surface area (TPSA) is 68.5 Å². The van der Waals surface area contributed by atoms with Crippen molar-refractivity contribution in [3.63, 3.8) is 0 Å². The summed E-state index contributed by atoms with van der Waals surface area (Å²) >= 11 is 3.39. The van der Waals surface area contributed by atoms with Crippen LogP contribution in [0.25, 0.3) is 0 Å². The van der Waals surface area contributed by atoms with E-state index in [-0.39, 0.29) is 11.8 Å². The predicted octanol–water partition coefficient (Wildman–Crippen LogP) is 3.82. The highest BCUT2D eigenvalue weighted by Gasteiger charge is 2.15. The summed E-state index contributed by atoms with van der Waals surface area (Å²) in [6, 6.07) is 7.63. The molecule has 2 aromatic rings. The van der Waals surface area contributed by atoms with Crippen LogP contribution in [0.1, 0.15) is 44.8 Å². The molecular formula is C18H24BrN3O3. The van der Waals surface area contributed by atoms with Gasteiger partial charge in [-0.05, 0) is 31.2 Å². The van der Waals surface area contributed by atoms with E-state index in [1.165, 1.54) is 0 Å².